The molecule has 1 unspecified atom stereocenters. The van der Waals surface area contributed by atoms with Crippen LogP contribution in [0, 0.1) is 6.92 Å². The van der Waals surface area contributed by atoms with Gasteiger partial charge >= 0.3 is 0 Å². The maximum absolute atomic E-state index is 11.0. The third-order valence-corrected chi connectivity index (χ3v) is 2.69. The van der Waals surface area contributed by atoms with Gasteiger partial charge in [-0.1, -0.05) is 24.3 Å². The van der Waals surface area contributed by atoms with Crippen molar-refractivity contribution in [2.45, 2.75) is 19.8 Å². The standard InChI is InChI=1S/C12H15N3O/c1-8-5-3-4-6-10(8)11-7-13-15-12(11)14-9(2)16/h3-6,11,13H,7H2,1-2H3,(H,14,15,16). The van der Waals surface area contributed by atoms with E-state index in [0.29, 0.717) is 5.84 Å². The third kappa shape index (κ3) is 2.05. The van der Waals surface area contributed by atoms with Crippen molar-refractivity contribution in [1.82, 2.24) is 10.7 Å². The fraction of sp³-hybridized carbons (Fsp3) is 0.333. The molecule has 0 aliphatic carbocycles. The Bertz CT molecular complexity index is 440. The van der Waals surface area contributed by atoms with Gasteiger partial charge in [0.05, 0.1) is 5.92 Å². The van der Waals surface area contributed by atoms with E-state index in [-0.39, 0.29) is 11.8 Å². The van der Waals surface area contributed by atoms with Crippen LogP contribution in [0.2, 0.25) is 0 Å². The van der Waals surface area contributed by atoms with Gasteiger partial charge in [-0.15, -0.1) is 0 Å². The minimum absolute atomic E-state index is 0.0824. The number of hydrazone groups is 1. The lowest BCUT2D eigenvalue weighted by molar-refractivity contribution is -0.117. The first-order valence-corrected chi connectivity index (χ1v) is 5.32. The van der Waals surface area contributed by atoms with E-state index < -0.39 is 0 Å². The minimum Gasteiger partial charge on any atom is -0.312 e. The van der Waals surface area contributed by atoms with E-state index in [1.54, 1.807) is 0 Å². The Morgan fingerprint density at radius 1 is 1.50 bits per heavy atom. The molecule has 1 atom stereocenters. The van der Waals surface area contributed by atoms with Crippen molar-refractivity contribution in [2.24, 2.45) is 5.10 Å². The topological polar surface area (TPSA) is 53.5 Å². The van der Waals surface area contributed by atoms with Crippen LogP contribution in [0.4, 0.5) is 0 Å². The summed E-state index contributed by atoms with van der Waals surface area (Å²) in [6.45, 7) is 4.30. The van der Waals surface area contributed by atoms with Crippen molar-refractivity contribution >= 4 is 11.7 Å². The predicted octanol–water partition coefficient (Wildman–Crippen LogP) is 1.13. The van der Waals surface area contributed by atoms with Crippen LogP contribution >= 0.6 is 0 Å². The summed E-state index contributed by atoms with van der Waals surface area (Å²) in [4.78, 5) is 11.0. The number of carbonyl (C=O) groups excluding carboxylic acids is 1. The van der Waals surface area contributed by atoms with E-state index >= 15 is 0 Å². The van der Waals surface area contributed by atoms with Gasteiger partial charge < -0.3 is 10.7 Å². The van der Waals surface area contributed by atoms with Gasteiger partial charge in [-0.2, -0.15) is 5.10 Å². The average Bonchev–Trinajstić information content (AvgIpc) is 2.66. The third-order valence-electron chi connectivity index (χ3n) is 2.69. The molecule has 4 nitrogen and oxygen atoms in total. The number of hydrogen-bond acceptors (Lipinski definition) is 3. The molecule has 84 valence electrons. The molecule has 0 saturated heterocycles. The molecule has 0 saturated carbocycles. The van der Waals surface area contributed by atoms with E-state index in [1.807, 2.05) is 12.1 Å². The molecular weight excluding hydrogens is 202 g/mol. The van der Waals surface area contributed by atoms with Crippen LogP contribution in [0.1, 0.15) is 24.0 Å². The average molecular weight is 217 g/mol. The SMILES string of the molecule is CC(=O)NC1=NNCC1c1ccccc1C. The zero-order valence-electron chi connectivity index (χ0n) is 9.45. The summed E-state index contributed by atoms with van der Waals surface area (Å²) in [6, 6.07) is 8.16. The van der Waals surface area contributed by atoms with Crippen molar-refractivity contribution in [3.05, 3.63) is 35.4 Å². The Labute approximate surface area is 94.7 Å². The lowest BCUT2D eigenvalue weighted by Gasteiger charge is -2.14. The smallest absolute Gasteiger partial charge is 0.222 e. The highest BCUT2D eigenvalue weighted by atomic mass is 16.1. The maximum Gasteiger partial charge on any atom is 0.222 e. The first kappa shape index (κ1) is 10.7. The lowest BCUT2D eigenvalue weighted by Crippen LogP contribution is -2.32. The van der Waals surface area contributed by atoms with Crippen molar-refractivity contribution in [3.63, 3.8) is 0 Å². The zero-order chi connectivity index (χ0) is 11.5. The quantitative estimate of drug-likeness (QED) is 0.741. The monoisotopic (exact) mass is 217 g/mol. The molecule has 2 rings (SSSR count). The molecule has 1 heterocycles. The van der Waals surface area contributed by atoms with Crippen LogP contribution in [-0.4, -0.2) is 18.3 Å². The van der Waals surface area contributed by atoms with Crippen LogP contribution in [0.25, 0.3) is 0 Å². The number of carbonyl (C=O) groups is 1. The summed E-state index contributed by atoms with van der Waals surface area (Å²) in [5.41, 5.74) is 5.35. The van der Waals surface area contributed by atoms with Gasteiger partial charge in [-0.05, 0) is 18.1 Å². The molecule has 0 spiro atoms. The van der Waals surface area contributed by atoms with E-state index in [0.717, 1.165) is 6.54 Å². The van der Waals surface area contributed by atoms with E-state index in [1.165, 1.54) is 18.1 Å². The fourth-order valence-electron chi connectivity index (χ4n) is 1.93. The molecule has 0 radical (unpaired) electrons. The number of nitrogens with one attached hydrogen (secondary N) is 2. The van der Waals surface area contributed by atoms with Crippen molar-refractivity contribution in [3.8, 4) is 0 Å². The summed E-state index contributed by atoms with van der Waals surface area (Å²) in [5, 5.41) is 6.88. The number of rotatable bonds is 1. The second-order valence-corrected chi connectivity index (χ2v) is 3.95. The number of amides is 1. The molecule has 1 aromatic rings. The molecule has 1 aromatic carbocycles. The maximum atomic E-state index is 11.0. The van der Waals surface area contributed by atoms with Crippen LogP contribution < -0.4 is 10.7 Å². The van der Waals surface area contributed by atoms with Gasteiger partial charge in [0.15, 0.2) is 0 Å². The molecular formula is C12H15N3O. The second-order valence-electron chi connectivity index (χ2n) is 3.95. The van der Waals surface area contributed by atoms with Crippen molar-refractivity contribution in [2.75, 3.05) is 6.54 Å². The van der Waals surface area contributed by atoms with Gasteiger partial charge in [0, 0.05) is 13.5 Å². The second kappa shape index (κ2) is 4.35. The Kier molecular flexibility index (Phi) is 2.90. The molecule has 16 heavy (non-hydrogen) atoms. The number of amidine groups is 1. The van der Waals surface area contributed by atoms with E-state index in [2.05, 4.69) is 34.9 Å². The zero-order valence-corrected chi connectivity index (χ0v) is 9.45. The molecule has 0 fully saturated rings. The Hall–Kier alpha value is -1.84. The molecule has 4 heteroatoms. The number of hydrogen-bond donors (Lipinski definition) is 2. The van der Waals surface area contributed by atoms with Crippen LogP contribution in [-0.2, 0) is 4.79 Å². The Balaban J connectivity index is 2.25. The van der Waals surface area contributed by atoms with Gasteiger partial charge in [0.2, 0.25) is 5.91 Å². The fourth-order valence-corrected chi connectivity index (χ4v) is 1.93. The molecule has 2 N–H and O–H groups in total. The summed E-state index contributed by atoms with van der Waals surface area (Å²) in [6.07, 6.45) is 0. The van der Waals surface area contributed by atoms with E-state index in [9.17, 15) is 4.79 Å². The van der Waals surface area contributed by atoms with Crippen LogP contribution in [0.15, 0.2) is 29.4 Å². The molecule has 0 bridgehead atoms. The Morgan fingerprint density at radius 3 is 2.94 bits per heavy atom. The number of nitrogens with zero attached hydrogens (tertiary/aromatic N) is 1. The first-order chi connectivity index (χ1) is 7.68. The summed E-state index contributed by atoms with van der Waals surface area (Å²) in [7, 11) is 0. The summed E-state index contributed by atoms with van der Waals surface area (Å²) >= 11 is 0. The predicted molar refractivity (Wildman–Crippen MR) is 63.2 cm³/mol. The van der Waals surface area contributed by atoms with Crippen molar-refractivity contribution in [1.29, 1.82) is 0 Å². The highest BCUT2D eigenvalue weighted by molar-refractivity contribution is 6.01. The van der Waals surface area contributed by atoms with Gasteiger partial charge in [0.1, 0.15) is 5.84 Å². The Morgan fingerprint density at radius 2 is 2.25 bits per heavy atom. The highest BCUT2D eigenvalue weighted by Crippen LogP contribution is 2.22. The largest absolute Gasteiger partial charge is 0.312 e. The summed E-state index contributed by atoms with van der Waals surface area (Å²) in [5.74, 6) is 0.771. The van der Waals surface area contributed by atoms with Crippen LogP contribution in [0.5, 0.6) is 0 Å². The van der Waals surface area contributed by atoms with E-state index in [4.69, 9.17) is 0 Å². The van der Waals surface area contributed by atoms with Gasteiger partial charge in [-0.25, -0.2) is 0 Å². The van der Waals surface area contributed by atoms with Gasteiger partial charge in [-0.3, -0.25) is 4.79 Å². The number of benzene rings is 1. The molecule has 0 aromatic heterocycles. The van der Waals surface area contributed by atoms with Crippen LogP contribution in [0.3, 0.4) is 0 Å². The molecule has 1 amide bonds. The number of aryl methyl sites for hydroxylation is 1. The highest BCUT2D eigenvalue weighted by Gasteiger charge is 2.24. The van der Waals surface area contributed by atoms with Gasteiger partial charge in [0.25, 0.3) is 0 Å². The molecule has 1 aliphatic heterocycles. The molecule has 1 aliphatic rings. The normalized spacial score (nSPS) is 18.9. The first-order valence-electron chi connectivity index (χ1n) is 5.32. The summed E-state index contributed by atoms with van der Waals surface area (Å²) < 4.78 is 0. The minimum atomic E-state index is -0.0824. The lowest BCUT2D eigenvalue weighted by atomic mass is 9.94. The van der Waals surface area contributed by atoms with Crippen molar-refractivity contribution < 1.29 is 4.79 Å².